The van der Waals surface area contributed by atoms with Crippen LogP contribution in [0.4, 0.5) is 0 Å². The van der Waals surface area contributed by atoms with Crippen LogP contribution in [0.5, 0.6) is 0 Å². The molecule has 0 saturated carbocycles. The molecule has 0 aliphatic carbocycles. The van der Waals surface area contributed by atoms with Gasteiger partial charge in [-0.1, -0.05) is 0 Å². The van der Waals surface area contributed by atoms with Gasteiger partial charge in [0, 0.05) is 25.7 Å². The highest BCUT2D eigenvalue weighted by atomic mass is 16.5. The largest absolute Gasteiger partial charge is 0.395 e. The number of nitrogens with one attached hydrogen (secondary N) is 1. The molecule has 4 heteroatoms. The maximum atomic E-state index is 9.11. The van der Waals surface area contributed by atoms with Crippen LogP contribution in [0.1, 0.15) is 0 Å². The van der Waals surface area contributed by atoms with Crippen LogP contribution in [0.3, 0.4) is 0 Å². The minimum Gasteiger partial charge on any atom is -0.395 e. The second-order valence-corrected chi connectivity index (χ2v) is 3.47. The molecule has 2 saturated heterocycles. The molecule has 0 aromatic heterocycles. The first-order chi connectivity index (χ1) is 5.92. The van der Waals surface area contributed by atoms with E-state index in [0.29, 0.717) is 12.1 Å². The maximum absolute atomic E-state index is 9.11. The number of hydrogen-bond donors (Lipinski definition) is 2. The normalized spacial score (nSPS) is 33.2. The van der Waals surface area contributed by atoms with Gasteiger partial charge < -0.3 is 15.2 Å². The van der Waals surface area contributed by atoms with Crippen molar-refractivity contribution in [2.24, 2.45) is 0 Å². The minimum absolute atomic E-state index is 0.253. The molecule has 0 radical (unpaired) electrons. The summed E-state index contributed by atoms with van der Waals surface area (Å²) in [7, 11) is 0. The van der Waals surface area contributed by atoms with E-state index >= 15 is 0 Å². The van der Waals surface area contributed by atoms with Gasteiger partial charge in [-0.25, -0.2) is 0 Å². The number of aliphatic hydroxyl groups excluding tert-OH is 1. The summed E-state index contributed by atoms with van der Waals surface area (Å²) >= 11 is 0. The predicted octanol–water partition coefficient (Wildman–Crippen LogP) is -1.35. The van der Waals surface area contributed by atoms with Gasteiger partial charge in [-0.3, -0.25) is 4.90 Å². The van der Waals surface area contributed by atoms with Crippen LogP contribution >= 0.6 is 0 Å². The van der Waals surface area contributed by atoms with Crippen molar-refractivity contribution in [3.8, 4) is 0 Å². The van der Waals surface area contributed by atoms with Gasteiger partial charge in [0.25, 0.3) is 0 Å². The highest BCUT2D eigenvalue weighted by molar-refractivity contribution is 4.87. The number of piperazine rings is 1. The first-order valence-corrected chi connectivity index (χ1v) is 4.57. The number of hydrogen-bond acceptors (Lipinski definition) is 4. The van der Waals surface area contributed by atoms with Crippen LogP contribution in [0, 0.1) is 0 Å². The second kappa shape index (κ2) is 3.70. The van der Waals surface area contributed by atoms with E-state index in [9.17, 15) is 0 Å². The quantitative estimate of drug-likeness (QED) is 0.540. The molecule has 0 amide bonds. The highest BCUT2D eigenvalue weighted by Gasteiger charge is 2.32. The van der Waals surface area contributed by atoms with E-state index in [-0.39, 0.29) is 6.61 Å². The molecule has 4 nitrogen and oxygen atoms in total. The Labute approximate surface area is 72.5 Å². The summed E-state index contributed by atoms with van der Waals surface area (Å²) in [5.74, 6) is 0. The summed E-state index contributed by atoms with van der Waals surface area (Å²) in [5.41, 5.74) is 0. The number of aliphatic hydroxyl groups is 1. The topological polar surface area (TPSA) is 44.7 Å². The third-order valence-electron chi connectivity index (χ3n) is 2.70. The second-order valence-electron chi connectivity index (χ2n) is 3.47. The van der Waals surface area contributed by atoms with Gasteiger partial charge in [0.2, 0.25) is 0 Å². The summed E-state index contributed by atoms with van der Waals surface area (Å²) in [6.45, 7) is 4.93. The molecule has 2 N–H and O–H groups in total. The Kier molecular flexibility index (Phi) is 2.60. The van der Waals surface area contributed by atoms with Gasteiger partial charge in [0.1, 0.15) is 0 Å². The van der Waals surface area contributed by atoms with E-state index in [0.717, 1.165) is 32.8 Å². The van der Waals surface area contributed by atoms with Crippen molar-refractivity contribution in [3.05, 3.63) is 0 Å². The highest BCUT2D eigenvalue weighted by Crippen LogP contribution is 2.14. The van der Waals surface area contributed by atoms with Crippen molar-refractivity contribution >= 4 is 0 Å². The van der Waals surface area contributed by atoms with Crippen molar-refractivity contribution in [1.82, 2.24) is 10.2 Å². The Morgan fingerprint density at radius 1 is 1.50 bits per heavy atom. The third-order valence-corrected chi connectivity index (χ3v) is 2.70. The molecular weight excluding hydrogens is 156 g/mol. The SMILES string of the molecule is OCC1CNCCN1C1COC1. The predicted molar refractivity (Wildman–Crippen MR) is 45.1 cm³/mol. The van der Waals surface area contributed by atoms with E-state index in [2.05, 4.69) is 10.2 Å². The molecule has 2 aliphatic heterocycles. The summed E-state index contributed by atoms with van der Waals surface area (Å²) in [6.07, 6.45) is 0. The molecule has 2 heterocycles. The zero-order chi connectivity index (χ0) is 8.39. The summed E-state index contributed by atoms with van der Waals surface area (Å²) in [4.78, 5) is 2.36. The van der Waals surface area contributed by atoms with Gasteiger partial charge in [-0.05, 0) is 0 Å². The molecule has 0 aromatic rings. The van der Waals surface area contributed by atoms with E-state index in [1.165, 1.54) is 0 Å². The fraction of sp³-hybridized carbons (Fsp3) is 1.00. The van der Waals surface area contributed by atoms with Crippen LogP contribution in [0.2, 0.25) is 0 Å². The molecule has 2 rings (SSSR count). The van der Waals surface area contributed by atoms with Crippen LogP contribution < -0.4 is 5.32 Å². The van der Waals surface area contributed by atoms with Crippen LogP contribution in [-0.2, 0) is 4.74 Å². The van der Waals surface area contributed by atoms with Crippen molar-refractivity contribution in [2.75, 3.05) is 39.5 Å². The average molecular weight is 172 g/mol. The van der Waals surface area contributed by atoms with E-state index in [1.807, 2.05) is 0 Å². The summed E-state index contributed by atoms with van der Waals surface area (Å²) < 4.78 is 5.14. The first-order valence-electron chi connectivity index (χ1n) is 4.57. The molecule has 1 atom stereocenters. The zero-order valence-corrected chi connectivity index (χ0v) is 7.20. The van der Waals surface area contributed by atoms with Gasteiger partial charge in [0.15, 0.2) is 0 Å². The van der Waals surface area contributed by atoms with Gasteiger partial charge in [-0.2, -0.15) is 0 Å². The van der Waals surface area contributed by atoms with Crippen LogP contribution in [0.25, 0.3) is 0 Å². The Balaban J connectivity index is 1.90. The summed E-state index contributed by atoms with van der Waals surface area (Å²) in [5, 5.41) is 12.4. The molecule has 1 unspecified atom stereocenters. The Bertz CT molecular complexity index is 150. The van der Waals surface area contributed by atoms with E-state index < -0.39 is 0 Å². The van der Waals surface area contributed by atoms with Crippen molar-refractivity contribution in [3.63, 3.8) is 0 Å². The molecule has 0 spiro atoms. The lowest BCUT2D eigenvalue weighted by molar-refractivity contribution is -0.0904. The maximum Gasteiger partial charge on any atom is 0.0645 e. The van der Waals surface area contributed by atoms with Crippen molar-refractivity contribution in [1.29, 1.82) is 0 Å². The van der Waals surface area contributed by atoms with E-state index in [1.54, 1.807) is 0 Å². The number of rotatable bonds is 2. The molecule has 2 aliphatic rings. The number of ether oxygens (including phenoxy) is 1. The molecule has 70 valence electrons. The third kappa shape index (κ3) is 1.47. The molecule has 0 aromatic carbocycles. The molecular formula is C8H16N2O2. The van der Waals surface area contributed by atoms with Gasteiger partial charge in [0.05, 0.1) is 25.9 Å². The van der Waals surface area contributed by atoms with Crippen molar-refractivity contribution < 1.29 is 9.84 Å². The van der Waals surface area contributed by atoms with Gasteiger partial charge >= 0.3 is 0 Å². The zero-order valence-electron chi connectivity index (χ0n) is 7.20. The molecule has 2 fully saturated rings. The Hall–Kier alpha value is -0.160. The standard InChI is InChI=1S/C8H16N2O2/c11-4-7-3-9-1-2-10(7)8-5-12-6-8/h7-9,11H,1-6H2. The molecule has 0 bridgehead atoms. The first kappa shape index (κ1) is 8.44. The number of nitrogens with zero attached hydrogens (tertiary/aromatic N) is 1. The lowest BCUT2D eigenvalue weighted by Gasteiger charge is -2.44. The Morgan fingerprint density at radius 3 is 2.92 bits per heavy atom. The molecule has 12 heavy (non-hydrogen) atoms. The lowest BCUT2D eigenvalue weighted by Crippen LogP contribution is -2.61. The average Bonchev–Trinajstić information content (AvgIpc) is 2.02. The monoisotopic (exact) mass is 172 g/mol. The minimum atomic E-state index is 0.253. The lowest BCUT2D eigenvalue weighted by atomic mass is 10.1. The van der Waals surface area contributed by atoms with Crippen LogP contribution in [-0.4, -0.2) is 61.5 Å². The van der Waals surface area contributed by atoms with E-state index in [4.69, 9.17) is 9.84 Å². The Morgan fingerprint density at radius 2 is 2.33 bits per heavy atom. The smallest absolute Gasteiger partial charge is 0.0645 e. The summed E-state index contributed by atoms with van der Waals surface area (Å²) in [6, 6.07) is 0.858. The fourth-order valence-corrected chi connectivity index (χ4v) is 1.84. The van der Waals surface area contributed by atoms with Crippen LogP contribution in [0.15, 0.2) is 0 Å². The fourth-order valence-electron chi connectivity index (χ4n) is 1.84. The van der Waals surface area contributed by atoms with Gasteiger partial charge in [-0.15, -0.1) is 0 Å². The van der Waals surface area contributed by atoms with Crippen molar-refractivity contribution in [2.45, 2.75) is 12.1 Å².